The molecule has 1 N–H and O–H groups in total. The van der Waals surface area contributed by atoms with E-state index < -0.39 is 15.7 Å². The lowest BCUT2D eigenvalue weighted by Crippen LogP contribution is -2.13. The molecule has 0 atom stereocenters. The second kappa shape index (κ2) is 11.4. The second-order valence-corrected chi connectivity index (χ2v) is 10.4. The van der Waals surface area contributed by atoms with Crippen molar-refractivity contribution in [2.24, 2.45) is 0 Å². The molecule has 11 heteroatoms. The Hall–Kier alpha value is -3.75. The van der Waals surface area contributed by atoms with Crippen molar-refractivity contribution in [3.05, 3.63) is 65.2 Å². The Labute approximate surface area is 201 Å². The molecule has 0 bridgehead atoms. The summed E-state index contributed by atoms with van der Waals surface area (Å²) >= 11 is 0.710. The maximum atomic E-state index is 12.3. The van der Waals surface area contributed by atoms with Crippen LogP contribution in [0.2, 0.25) is 0 Å². The lowest BCUT2D eigenvalue weighted by molar-refractivity contribution is -0.112. The molecule has 0 unspecified atom stereocenters. The van der Waals surface area contributed by atoms with E-state index in [-0.39, 0.29) is 15.0 Å². The van der Waals surface area contributed by atoms with Crippen LogP contribution in [0.1, 0.15) is 17.5 Å². The van der Waals surface area contributed by atoms with Gasteiger partial charge < -0.3 is 9.47 Å². The third-order valence-corrected chi connectivity index (χ3v) is 6.82. The van der Waals surface area contributed by atoms with E-state index in [0.29, 0.717) is 42.3 Å². The van der Waals surface area contributed by atoms with Gasteiger partial charge in [0.15, 0.2) is 0 Å². The number of nitrogens with one attached hydrogen (secondary N) is 1. The van der Waals surface area contributed by atoms with E-state index in [2.05, 4.69) is 15.5 Å². The van der Waals surface area contributed by atoms with Crippen LogP contribution in [-0.2, 0) is 14.6 Å². The highest BCUT2D eigenvalue weighted by molar-refractivity contribution is 7.92. The van der Waals surface area contributed by atoms with Crippen molar-refractivity contribution < 1.29 is 22.7 Å². The molecule has 0 spiro atoms. The molecule has 1 heterocycles. The average Bonchev–Trinajstić information content (AvgIpc) is 3.27. The summed E-state index contributed by atoms with van der Waals surface area (Å²) in [6.07, 6.45) is 3.11. The first-order chi connectivity index (χ1) is 16.2. The number of hydrogen-bond donors (Lipinski definition) is 1. The number of amides is 1. The van der Waals surface area contributed by atoms with Crippen LogP contribution >= 0.6 is 11.3 Å². The third-order valence-electron chi connectivity index (χ3n) is 4.32. The Morgan fingerprint density at radius 2 is 1.82 bits per heavy atom. The van der Waals surface area contributed by atoms with Gasteiger partial charge in [-0.3, -0.25) is 10.1 Å². The van der Waals surface area contributed by atoms with Crippen molar-refractivity contribution in [2.45, 2.75) is 17.7 Å². The minimum absolute atomic E-state index is 0.0123. The molecule has 1 aromatic heterocycles. The van der Waals surface area contributed by atoms with Crippen molar-refractivity contribution in [1.29, 1.82) is 5.26 Å². The summed E-state index contributed by atoms with van der Waals surface area (Å²) < 4.78 is 34.1. The molecule has 0 aliphatic rings. The van der Waals surface area contributed by atoms with Crippen molar-refractivity contribution >= 4 is 38.3 Å². The first kappa shape index (κ1) is 24.9. The summed E-state index contributed by atoms with van der Waals surface area (Å²) in [6.45, 7) is 3.02. The summed E-state index contributed by atoms with van der Waals surface area (Å²) in [5, 5.41) is 18.9. The highest BCUT2D eigenvalue weighted by Gasteiger charge is 2.17. The van der Waals surface area contributed by atoms with Crippen LogP contribution in [0.5, 0.6) is 11.5 Å². The van der Waals surface area contributed by atoms with Gasteiger partial charge in [-0.25, -0.2) is 8.42 Å². The van der Waals surface area contributed by atoms with Gasteiger partial charge in [-0.2, -0.15) is 5.26 Å². The van der Waals surface area contributed by atoms with Crippen LogP contribution in [0.25, 0.3) is 6.08 Å². The maximum Gasteiger partial charge on any atom is 0.268 e. The number of rotatable bonds is 10. The normalized spacial score (nSPS) is 11.5. The molecular weight excluding hydrogens is 476 g/mol. The van der Waals surface area contributed by atoms with E-state index in [9.17, 15) is 18.5 Å². The van der Waals surface area contributed by atoms with Crippen molar-refractivity contribution in [1.82, 2.24) is 10.2 Å². The van der Waals surface area contributed by atoms with Crippen LogP contribution in [0.3, 0.4) is 0 Å². The number of ether oxygens (including phenoxy) is 2. The quantitative estimate of drug-likeness (QED) is 0.194. The molecule has 0 saturated carbocycles. The van der Waals surface area contributed by atoms with Crippen LogP contribution < -0.4 is 14.8 Å². The lowest BCUT2D eigenvalue weighted by Gasteiger charge is -2.09. The number of sulfone groups is 1. The van der Waals surface area contributed by atoms with E-state index in [4.69, 9.17) is 9.47 Å². The average molecular weight is 499 g/mol. The standard InChI is InChI=1S/C23H22N4O5S2/c1-16-5-3-6-20(13-16)32-12-4-11-31-19-9-7-17(8-10-19)14-18(15-24)21(28)25-22-26-27-23(33-22)34(2,29)30/h3,5-10,13-14H,4,11-12H2,1-2H3,(H,25,26,28)/b18-14-. The van der Waals surface area contributed by atoms with E-state index in [1.807, 2.05) is 37.3 Å². The number of carbonyl (C=O) groups is 1. The van der Waals surface area contributed by atoms with Crippen molar-refractivity contribution in [3.63, 3.8) is 0 Å². The van der Waals surface area contributed by atoms with Crippen LogP contribution in [0.15, 0.2) is 58.4 Å². The van der Waals surface area contributed by atoms with Gasteiger partial charge in [0.25, 0.3) is 5.91 Å². The van der Waals surface area contributed by atoms with E-state index in [1.165, 1.54) is 6.08 Å². The monoisotopic (exact) mass is 498 g/mol. The fourth-order valence-electron chi connectivity index (χ4n) is 2.69. The summed E-state index contributed by atoms with van der Waals surface area (Å²) in [4.78, 5) is 12.3. The number of benzene rings is 2. The number of nitriles is 1. The Morgan fingerprint density at radius 3 is 2.44 bits per heavy atom. The summed E-state index contributed by atoms with van der Waals surface area (Å²) in [5.41, 5.74) is 1.59. The number of carbonyl (C=O) groups excluding carboxylic acids is 1. The topological polar surface area (TPSA) is 131 Å². The number of aromatic nitrogens is 2. The zero-order valence-electron chi connectivity index (χ0n) is 18.5. The summed E-state index contributed by atoms with van der Waals surface area (Å²) in [6, 6.07) is 16.6. The molecule has 9 nitrogen and oxygen atoms in total. The Balaban J connectivity index is 1.50. The molecule has 3 rings (SSSR count). The second-order valence-electron chi connectivity index (χ2n) is 7.21. The van der Waals surface area contributed by atoms with E-state index in [1.54, 1.807) is 24.3 Å². The molecular formula is C23H22N4O5S2. The van der Waals surface area contributed by atoms with Gasteiger partial charge in [0.2, 0.25) is 19.3 Å². The lowest BCUT2D eigenvalue weighted by atomic mass is 10.1. The number of aryl methyl sites for hydroxylation is 1. The van der Waals surface area contributed by atoms with Gasteiger partial charge in [-0.05, 0) is 48.4 Å². The molecule has 34 heavy (non-hydrogen) atoms. The van der Waals surface area contributed by atoms with Crippen LogP contribution in [-0.4, -0.2) is 44.0 Å². The first-order valence-electron chi connectivity index (χ1n) is 10.1. The Kier molecular flexibility index (Phi) is 8.34. The minimum Gasteiger partial charge on any atom is -0.493 e. The molecule has 176 valence electrons. The highest BCUT2D eigenvalue weighted by Crippen LogP contribution is 2.21. The van der Waals surface area contributed by atoms with Gasteiger partial charge in [0.1, 0.15) is 23.1 Å². The smallest absolute Gasteiger partial charge is 0.268 e. The van der Waals surface area contributed by atoms with Crippen molar-refractivity contribution in [2.75, 3.05) is 24.8 Å². The molecule has 0 aliphatic heterocycles. The van der Waals surface area contributed by atoms with Crippen LogP contribution in [0, 0.1) is 18.3 Å². The van der Waals surface area contributed by atoms with Gasteiger partial charge >= 0.3 is 0 Å². The predicted molar refractivity (Wildman–Crippen MR) is 128 cm³/mol. The van der Waals surface area contributed by atoms with Gasteiger partial charge in [0.05, 0.1) is 13.2 Å². The Bertz CT molecular complexity index is 1330. The molecule has 0 radical (unpaired) electrons. The number of anilines is 1. The van der Waals surface area contributed by atoms with E-state index in [0.717, 1.165) is 17.6 Å². The summed E-state index contributed by atoms with van der Waals surface area (Å²) in [5.74, 6) is 0.765. The molecule has 0 fully saturated rings. The first-order valence-corrected chi connectivity index (χ1v) is 12.8. The molecule has 0 aliphatic carbocycles. The maximum absolute atomic E-state index is 12.3. The Morgan fingerprint density at radius 1 is 1.12 bits per heavy atom. The zero-order valence-corrected chi connectivity index (χ0v) is 20.1. The van der Waals surface area contributed by atoms with Gasteiger partial charge in [-0.15, -0.1) is 10.2 Å². The minimum atomic E-state index is -3.53. The van der Waals surface area contributed by atoms with E-state index >= 15 is 0 Å². The number of hydrogen-bond acceptors (Lipinski definition) is 9. The third kappa shape index (κ3) is 7.40. The largest absolute Gasteiger partial charge is 0.493 e. The predicted octanol–water partition coefficient (Wildman–Crippen LogP) is 3.64. The van der Waals surface area contributed by atoms with Crippen LogP contribution in [0.4, 0.5) is 5.13 Å². The SMILES string of the molecule is Cc1cccc(OCCCOc2ccc(/C=C(/C#N)C(=O)Nc3nnc(S(C)(=O)=O)s3)cc2)c1. The van der Waals surface area contributed by atoms with Gasteiger partial charge in [0, 0.05) is 12.7 Å². The fraction of sp³-hybridized carbons (Fsp3) is 0.217. The molecule has 2 aromatic carbocycles. The molecule has 3 aromatic rings. The van der Waals surface area contributed by atoms with Crippen molar-refractivity contribution in [3.8, 4) is 17.6 Å². The molecule has 0 saturated heterocycles. The fourth-order valence-corrected chi connectivity index (χ4v) is 4.20. The number of nitrogens with zero attached hydrogens (tertiary/aromatic N) is 3. The highest BCUT2D eigenvalue weighted by atomic mass is 32.2. The summed E-state index contributed by atoms with van der Waals surface area (Å²) in [7, 11) is -3.53. The van der Waals surface area contributed by atoms with Gasteiger partial charge in [-0.1, -0.05) is 35.6 Å². The zero-order chi connectivity index (χ0) is 24.6. The molecule has 1 amide bonds.